The van der Waals surface area contributed by atoms with Crippen molar-refractivity contribution in [3.63, 3.8) is 0 Å². The minimum absolute atomic E-state index is 0.208. The van der Waals surface area contributed by atoms with Crippen LogP contribution in [0.1, 0.15) is 27.2 Å². The van der Waals surface area contributed by atoms with Gasteiger partial charge in [-0.3, -0.25) is 4.79 Å². The first-order chi connectivity index (χ1) is 8.29. The van der Waals surface area contributed by atoms with Gasteiger partial charge >= 0.3 is 5.97 Å². The molecule has 3 nitrogen and oxygen atoms in total. The maximum Gasteiger partial charge on any atom is 0.307 e. The van der Waals surface area contributed by atoms with Crippen LogP contribution < -0.4 is 5.73 Å². The van der Waals surface area contributed by atoms with Gasteiger partial charge in [0.15, 0.2) is 0 Å². The summed E-state index contributed by atoms with van der Waals surface area (Å²) in [5.41, 5.74) is 6.02. The number of halogens is 1. The highest BCUT2D eigenvalue weighted by molar-refractivity contribution is 7.99. The molecule has 0 amide bonds. The number of rotatable bonds is 4. The third kappa shape index (κ3) is 5.19. The average Bonchev–Trinajstić information content (AvgIpc) is 2.19. The van der Waals surface area contributed by atoms with E-state index in [0.29, 0.717) is 22.9 Å². The Kier molecular flexibility index (Phi) is 5.35. The third-order valence-corrected chi connectivity index (χ3v) is 3.55. The van der Waals surface area contributed by atoms with E-state index < -0.39 is 5.60 Å². The molecule has 0 atom stereocenters. The molecule has 1 rings (SSSR count). The highest BCUT2D eigenvalue weighted by Crippen LogP contribution is 2.32. The zero-order chi connectivity index (χ0) is 13.8. The number of anilines is 1. The Morgan fingerprint density at radius 3 is 2.67 bits per heavy atom. The second kappa shape index (κ2) is 6.34. The minimum atomic E-state index is -0.439. The lowest BCUT2D eigenvalue weighted by molar-refractivity contribution is -0.154. The SMILES string of the molecule is CC(C)(C)OC(=O)CCSc1c(N)cccc1Cl. The maximum atomic E-state index is 11.5. The average molecular weight is 288 g/mol. The van der Waals surface area contributed by atoms with Crippen molar-refractivity contribution >= 4 is 35.0 Å². The van der Waals surface area contributed by atoms with E-state index in [2.05, 4.69) is 0 Å². The van der Waals surface area contributed by atoms with Gasteiger partial charge < -0.3 is 10.5 Å². The van der Waals surface area contributed by atoms with Crippen LogP contribution in [0.2, 0.25) is 5.02 Å². The third-order valence-electron chi connectivity index (χ3n) is 1.97. The standard InChI is InChI=1S/C13H18ClNO2S/c1-13(2,3)17-11(16)7-8-18-12-9(14)5-4-6-10(12)15/h4-6H,7-8,15H2,1-3H3. The Labute approximate surface area is 117 Å². The van der Waals surface area contributed by atoms with E-state index in [1.165, 1.54) is 11.8 Å². The molecule has 0 heterocycles. The summed E-state index contributed by atoms with van der Waals surface area (Å²) in [6.07, 6.45) is 0.340. The summed E-state index contributed by atoms with van der Waals surface area (Å²) in [6.45, 7) is 5.55. The van der Waals surface area contributed by atoms with Crippen molar-refractivity contribution in [1.82, 2.24) is 0 Å². The van der Waals surface area contributed by atoms with E-state index >= 15 is 0 Å². The first-order valence-corrected chi connectivity index (χ1v) is 7.04. The lowest BCUT2D eigenvalue weighted by atomic mass is 10.2. The van der Waals surface area contributed by atoms with Gasteiger partial charge in [0.2, 0.25) is 0 Å². The summed E-state index contributed by atoms with van der Waals surface area (Å²) >= 11 is 7.50. The molecule has 1 aromatic carbocycles. The normalized spacial score (nSPS) is 11.3. The van der Waals surface area contributed by atoms with Crippen LogP contribution in [0.25, 0.3) is 0 Å². The van der Waals surface area contributed by atoms with E-state index in [4.69, 9.17) is 22.1 Å². The first-order valence-electron chi connectivity index (χ1n) is 5.68. The zero-order valence-corrected chi connectivity index (χ0v) is 12.4. The van der Waals surface area contributed by atoms with Gasteiger partial charge in [-0.2, -0.15) is 0 Å². The smallest absolute Gasteiger partial charge is 0.307 e. The molecule has 5 heteroatoms. The molecule has 0 unspecified atom stereocenters. The number of benzene rings is 1. The Bertz CT molecular complexity index is 409. The van der Waals surface area contributed by atoms with Crippen molar-refractivity contribution in [3.8, 4) is 0 Å². The number of hydrogen-bond acceptors (Lipinski definition) is 4. The Balaban J connectivity index is 2.45. The van der Waals surface area contributed by atoms with E-state index in [1.807, 2.05) is 20.8 Å². The zero-order valence-electron chi connectivity index (χ0n) is 10.8. The second-order valence-corrected chi connectivity index (χ2v) is 6.36. The number of carbonyl (C=O) groups excluding carboxylic acids is 1. The van der Waals surface area contributed by atoms with E-state index in [1.54, 1.807) is 18.2 Å². The quantitative estimate of drug-likeness (QED) is 0.521. The Morgan fingerprint density at radius 2 is 2.11 bits per heavy atom. The van der Waals surface area contributed by atoms with Crippen LogP contribution in [0.3, 0.4) is 0 Å². The summed E-state index contributed by atoms with van der Waals surface area (Å²) in [5.74, 6) is 0.392. The summed E-state index contributed by atoms with van der Waals surface area (Å²) in [5, 5.41) is 0.615. The van der Waals surface area contributed by atoms with Crippen LogP contribution >= 0.6 is 23.4 Å². The van der Waals surface area contributed by atoms with E-state index in [9.17, 15) is 4.79 Å². The maximum absolute atomic E-state index is 11.5. The van der Waals surface area contributed by atoms with Crippen LogP contribution in [0, 0.1) is 0 Å². The fourth-order valence-electron chi connectivity index (χ4n) is 1.31. The summed E-state index contributed by atoms with van der Waals surface area (Å²) < 4.78 is 5.22. The lowest BCUT2D eigenvalue weighted by Crippen LogP contribution is -2.24. The van der Waals surface area contributed by atoms with Crippen molar-refractivity contribution in [1.29, 1.82) is 0 Å². The number of carbonyl (C=O) groups is 1. The molecule has 0 fully saturated rings. The Hall–Kier alpha value is -0.870. The molecule has 0 spiro atoms. The van der Waals surface area contributed by atoms with Gasteiger partial charge in [-0.15, -0.1) is 11.8 Å². The second-order valence-electron chi connectivity index (χ2n) is 4.84. The molecule has 0 saturated heterocycles. The van der Waals surface area contributed by atoms with Crippen LogP contribution in [-0.4, -0.2) is 17.3 Å². The van der Waals surface area contributed by atoms with Gasteiger partial charge in [0, 0.05) is 16.3 Å². The number of nitrogens with two attached hydrogens (primary N) is 1. The molecular formula is C13H18ClNO2S. The van der Waals surface area contributed by atoms with Gasteiger partial charge in [-0.05, 0) is 32.9 Å². The highest BCUT2D eigenvalue weighted by atomic mass is 35.5. The molecular weight excluding hydrogens is 270 g/mol. The van der Waals surface area contributed by atoms with Gasteiger partial charge in [0.1, 0.15) is 5.60 Å². The molecule has 0 aliphatic heterocycles. The molecule has 0 aliphatic carbocycles. The monoisotopic (exact) mass is 287 g/mol. The van der Waals surface area contributed by atoms with Crippen molar-refractivity contribution in [2.45, 2.75) is 37.7 Å². The molecule has 100 valence electrons. The lowest BCUT2D eigenvalue weighted by Gasteiger charge is -2.19. The number of thioether (sulfide) groups is 1. The number of ether oxygens (including phenoxy) is 1. The molecule has 0 aliphatic rings. The molecule has 0 saturated carbocycles. The first kappa shape index (κ1) is 15.2. The van der Waals surface area contributed by atoms with Crippen molar-refractivity contribution in [2.75, 3.05) is 11.5 Å². The fraction of sp³-hybridized carbons (Fsp3) is 0.462. The van der Waals surface area contributed by atoms with Crippen molar-refractivity contribution < 1.29 is 9.53 Å². The Morgan fingerprint density at radius 1 is 1.44 bits per heavy atom. The predicted molar refractivity (Wildman–Crippen MR) is 77.1 cm³/mol. The number of hydrogen-bond donors (Lipinski definition) is 1. The minimum Gasteiger partial charge on any atom is -0.460 e. The van der Waals surface area contributed by atoms with Gasteiger partial charge in [-0.1, -0.05) is 17.7 Å². The molecule has 18 heavy (non-hydrogen) atoms. The van der Waals surface area contributed by atoms with Crippen LogP contribution in [0.4, 0.5) is 5.69 Å². The van der Waals surface area contributed by atoms with Crippen molar-refractivity contribution in [2.24, 2.45) is 0 Å². The van der Waals surface area contributed by atoms with Gasteiger partial charge in [0.25, 0.3) is 0 Å². The van der Waals surface area contributed by atoms with Crippen LogP contribution in [0.15, 0.2) is 23.1 Å². The molecule has 0 bridgehead atoms. The van der Waals surface area contributed by atoms with Gasteiger partial charge in [0.05, 0.1) is 11.4 Å². The predicted octanol–water partition coefficient (Wildman–Crippen LogP) is 3.75. The van der Waals surface area contributed by atoms with Crippen LogP contribution in [-0.2, 0) is 9.53 Å². The molecule has 0 radical (unpaired) electrons. The number of esters is 1. The molecule has 0 aromatic heterocycles. The topological polar surface area (TPSA) is 52.3 Å². The van der Waals surface area contributed by atoms with Gasteiger partial charge in [-0.25, -0.2) is 0 Å². The molecule has 2 N–H and O–H groups in total. The summed E-state index contributed by atoms with van der Waals surface area (Å²) in [4.78, 5) is 12.3. The molecule has 1 aromatic rings. The van der Waals surface area contributed by atoms with Crippen LogP contribution in [0.5, 0.6) is 0 Å². The number of nitrogen functional groups attached to an aromatic ring is 1. The highest BCUT2D eigenvalue weighted by Gasteiger charge is 2.16. The summed E-state index contributed by atoms with van der Waals surface area (Å²) in [6, 6.07) is 5.38. The van der Waals surface area contributed by atoms with Crippen molar-refractivity contribution in [3.05, 3.63) is 23.2 Å². The van der Waals surface area contributed by atoms with E-state index in [0.717, 1.165) is 4.90 Å². The summed E-state index contributed by atoms with van der Waals surface area (Å²) in [7, 11) is 0. The fourth-order valence-corrected chi connectivity index (χ4v) is 2.57. The van der Waals surface area contributed by atoms with E-state index in [-0.39, 0.29) is 5.97 Å². The largest absolute Gasteiger partial charge is 0.460 e.